The zero-order valence-corrected chi connectivity index (χ0v) is 18.3. The fourth-order valence-electron chi connectivity index (χ4n) is 4.11. The molecule has 0 bridgehead atoms. The highest BCUT2D eigenvalue weighted by Crippen LogP contribution is 2.23. The Kier molecular flexibility index (Phi) is 6.85. The lowest BCUT2D eigenvalue weighted by Gasteiger charge is -2.32. The molecule has 1 aliphatic heterocycles. The molecule has 1 aliphatic rings. The molecule has 3 amide bonds. The van der Waals surface area contributed by atoms with Gasteiger partial charge in [-0.3, -0.25) is 4.79 Å². The van der Waals surface area contributed by atoms with Crippen LogP contribution in [-0.4, -0.2) is 29.9 Å². The molecule has 1 heterocycles. The molecule has 0 spiro atoms. The summed E-state index contributed by atoms with van der Waals surface area (Å²) in [5, 5.41) is 6.05. The van der Waals surface area contributed by atoms with Gasteiger partial charge in [0.25, 0.3) is 0 Å². The van der Waals surface area contributed by atoms with E-state index >= 15 is 0 Å². The van der Waals surface area contributed by atoms with E-state index in [1.165, 1.54) is 5.56 Å². The van der Waals surface area contributed by atoms with E-state index in [1.807, 2.05) is 55.5 Å². The maximum Gasteiger partial charge on any atom is 0.321 e. The Hall–Kier alpha value is -3.60. The first-order chi connectivity index (χ1) is 15.6. The Morgan fingerprint density at radius 2 is 1.50 bits per heavy atom. The van der Waals surface area contributed by atoms with Gasteiger partial charge in [0.15, 0.2) is 0 Å². The second kappa shape index (κ2) is 10.1. The van der Waals surface area contributed by atoms with Crippen molar-refractivity contribution in [3.05, 3.63) is 90.5 Å². The highest BCUT2D eigenvalue weighted by Gasteiger charge is 2.29. The van der Waals surface area contributed by atoms with Crippen LogP contribution < -0.4 is 10.6 Å². The third-order valence-corrected chi connectivity index (χ3v) is 5.98. The van der Waals surface area contributed by atoms with Crippen molar-refractivity contribution in [2.24, 2.45) is 5.92 Å². The van der Waals surface area contributed by atoms with Crippen molar-refractivity contribution in [2.75, 3.05) is 18.4 Å². The molecule has 32 heavy (non-hydrogen) atoms. The van der Waals surface area contributed by atoms with Gasteiger partial charge >= 0.3 is 6.03 Å². The third-order valence-electron chi connectivity index (χ3n) is 5.98. The molecule has 5 heteroatoms. The molecule has 0 unspecified atom stereocenters. The number of urea groups is 1. The lowest BCUT2D eigenvalue weighted by atomic mass is 9.96. The van der Waals surface area contributed by atoms with Crippen LogP contribution in [0.1, 0.15) is 31.4 Å². The van der Waals surface area contributed by atoms with Gasteiger partial charge in [-0.1, -0.05) is 72.8 Å². The molecule has 2 N–H and O–H groups in total. The maximum atomic E-state index is 12.9. The molecule has 0 saturated carbocycles. The van der Waals surface area contributed by atoms with Crippen LogP contribution in [0.5, 0.6) is 0 Å². The van der Waals surface area contributed by atoms with Crippen LogP contribution in [0.25, 0.3) is 11.1 Å². The van der Waals surface area contributed by atoms with Crippen LogP contribution >= 0.6 is 0 Å². The summed E-state index contributed by atoms with van der Waals surface area (Å²) in [7, 11) is 0. The van der Waals surface area contributed by atoms with E-state index < -0.39 is 0 Å². The molecular formula is C27H29N3O2. The second-order valence-corrected chi connectivity index (χ2v) is 8.30. The highest BCUT2D eigenvalue weighted by molar-refractivity contribution is 5.90. The predicted octanol–water partition coefficient (Wildman–Crippen LogP) is 5.47. The standard InChI is InChI=1S/C27H29N3O2/c1-20(21-14-16-23(17-15-21)22-9-4-2-5-10-22)28-26(31)24-11-8-18-30(19-24)27(32)29-25-12-6-3-7-13-25/h2-7,9-10,12-17,20,24H,8,11,18-19H2,1H3,(H,28,31)(H,29,32)/t20-,24-/m1/s1. The van der Waals surface area contributed by atoms with E-state index in [2.05, 4.69) is 47.0 Å². The lowest BCUT2D eigenvalue weighted by molar-refractivity contribution is -0.126. The summed E-state index contributed by atoms with van der Waals surface area (Å²) < 4.78 is 0. The van der Waals surface area contributed by atoms with Crippen molar-refractivity contribution in [3.63, 3.8) is 0 Å². The van der Waals surface area contributed by atoms with Crippen molar-refractivity contribution < 1.29 is 9.59 Å². The van der Waals surface area contributed by atoms with Gasteiger partial charge in [-0.05, 0) is 48.6 Å². The molecule has 3 aromatic carbocycles. The molecule has 1 fully saturated rings. The van der Waals surface area contributed by atoms with Crippen molar-refractivity contribution in [1.82, 2.24) is 10.2 Å². The normalized spacial score (nSPS) is 16.8. The fraction of sp³-hybridized carbons (Fsp3) is 0.259. The monoisotopic (exact) mass is 427 g/mol. The molecular weight excluding hydrogens is 398 g/mol. The number of hydrogen-bond donors (Lipinski definition) is 2. The van der Waals surface area contributed by atoms with Gasteiger partial charge in [0.2, 0.25) is 5.91 Å². The molecule has 1 saturated heterocycles. The minimum Gasteiger partial charge on any atom is -0.349 e. The molecule has 164 valence electrons. The van der Waals surface area contributed by atoms with Crippen molar-refractivity contribution in [3.8, 4) is 11.1 Å². The van der Waals surface area contributed by atoms with Crippen molar-refractivity contribution in [1.29, 1.82) is 0 Å². The van der Waals surface area contributed by atoms with Gasteiger partial charge in [-0.15, -0.1) is 0 Å². The van der Waals surface area contributed by atoms with Crippen LogP contribution in [0, 0.1) is 5.92 Å². The lowest BCUT2D eigenvalue weighted by Crippen LogP contribution is -2.47. The molecule has 2 atom stereocenters. The van der Waals surface area contributed by atoms with Crippen LogP contribution in [0.2, 0.25) is 0 Å². The van der Waals surface area contributed by atoms with Crippen molar-refractivity contribution >= 4 is 17.6 Å². The van der Waals surface area contributed by atoms with Crippen molar-refractivity contribution in [2.45, 2.75) is 25.8 Å². The number of anilines is 1. The van der Waals surface area contributed by atoms with E-state index in [9.17, 15) is 9.59 Å². The van der Waals surface area contributed by atoms with Gasteiger partial charge in [-0.25, -0.2) is 4.79 Å². The second-order valence-electron chi connectivity index (χ2n) is 8.30. The van der Waals surface area contributed by atoms with Gasteiger partial charge in [-0.2, -0.15) is 0 Å². The average molecular weight is 428 g/mol. The average Bonchev–Trinajstić information content (AvgIpc) is 2.85. The van der Waals surface area contributed by atoms with E-state index in [4.69, 9.17) is 0 Å². The van der Waals surface area contributed by atoms with Gasteiger partial charge in [0, 0.05) is 18.8 Å². The summed E-state index contributed by atoms with van der Waals surface area (Å²) in [4.78, 5) is 27.3. The van der Waals surface area contributed by atoms with Crippen LogP contribution in [0.4, 0.5) is 10.5 Å². The number of likely N-dealkylation sites (tertiary alicyclic amines) is 1. The Bertz CT molecular complexity index is 1040. The fourth-order valence-corrected chi connectivity index (χ4v) is 4.11. The summed E-state index contributed by atoms with van der Waals surface area (Å²) in [5.74, 6) is -0.196. The SMILES string of the molecule is C[C@@H](NC(=O)[C@@H]1CCCN(C(=O)Nc2ccccc2)C1)c1ccc(-c2ccccc2)cc1. The Labute approximate surface area is 189 Å². The minimum absolute atomic E-state index is 0.00171. The number of nitrogens with one attached hydrogen (secondary N) is 2. The van der Waals surface area contributed by atoms with Crippen LogP contribution in [0.15, 0.2) is 84.9 Å². The summed E-state index contributed by atoms with van der Waals surface area (Å²) in [6.45, 7) is 3.10. The first-order valence-corrected chi connectivity index (χ1v) is 11.2. The Morgan fingerprint density at radius 3 is 2.19 bits per heavy atom. The Balaban J connectivity index is 1.33. The topological polar surface area (TPSA) is 61.4 Å². The third kappa shape index (κ3) is 5.35. The number of carbonyl (C=O) groups excluding carboxylic acids is 2. The predicted molar refractivity (Wildman–Crippen MR) is 128 cm³/mol. The van der Waals surface area contributed by atoms with E-state index in [0.29, 0.717) is 13.1 Å². The molecule has 5 nitrogen and oxygen atoms in total. The largest absolute Gasteiger partial charge is 0.349 e. The zero-order chi connectivity index (χ0) is 22.3. The van der Waals surface area contributed by atoms with Gasteiger partial charge < -0.3 is 15.5 Å². The Morgan fingerprint density at radius 1 is 0.875 bits per heavy atom. The molecule has 0 aromatic heterocycles. The van der Waals surface area contributed by atoms with E-state index in [1.54, 1.807) is 4.90 Å². The maximum absolute atomic E-state index is 12.9. The van der Waals surface area contributed by atoms with E-state index in [-0.39, 0.29) is 23.9 Å². The first kappa shape index (κ1) is 21.6. The molecule has 0 radical (unpaired) electrons. The minimum atomic E-state index is -0.198. The van der Waals surface area contributed by atoms with Crippen LogP contribution in [-0.2, 0) is 4.79 Å². The summed E-state index contributed by atoms with van der Waals surface area (Å²) >= 11 is 0. The number of piperidine rings is 1. The van der Waals surface area contributed by atoms with Gasteiger partial charge in [0.1, 0.15) is 0 Å². The number of carbonyl (C=O) groups is 2. The summed E-state index contributed by atoms with van der Waals surface area (Å²) in [6, 6.07) is 27.7. The zero-order valence-electron chi connectivity index (χ0n) is 18.3. The summed E-state index contributed by atoms with van der Waals surface area (Å²) in [5.41, 5.74) is 4.15. The molecule has 4 rings (SSSR count). The number of para-hydroxylation sites is 1. The van der Waals surface area contributed by atoms with Gasteiger partial charge in [0.05, 0.1) is 12.0 Å². The van der Waals surface area contributed by atoms with E-state index in [0.717, 1.165) is 29.7 Å². The first-order valence-electron chi connectivity index (χ1n) is 11.2. The molecule has 0 aliphatic carbocycles. The van der Waals surface area contributed by atoms with Crippen LogP contribution in [0.3, 0.4) is 0 Å². The quantitative estimate of drug-likeness (QED) is 0.567. The smallest absolute Gasteiger partial charge is 0.321 e. The number of hydrogen-bond acceptors (Lipinski definition) is 2. The highest BCUT2D eigenvalue weighted by atomic mass is 16.2. The molecule has 3 aromatic rings. The summed E-state index contributed by atoms with van der Waals surface area (Å²) in [6.07, 6.45) is 1.61. The number of benzene rings is 3. The number of amides is 3. The number of nitrogens with zero attached hydrogens (tertiary/aromatic N) is 1. The number of rotatable bonds is 5.